The fourth-order valence-electron chi connectivity index (χ4n) is 1.48. The minimum atomic E-state index is 0.233. The van der Waals surface area contributed by atoms with Crippen molar-refractivity contribution in [1.29, 1.82) is 0 Å². The normalized spacial score (nSPS) is 22.1. The first-order valence-electron chi connectivity index (χ1n) is 4.61. The summed E-state index contributed by atoms with van der Waals surface area (Å²) in [6.45, 7) is 9.07. The highest BCUT2D eigenvalue weighted by molar-refractivity contribution is 4.71. The fourth-order valence-corrected chi connectivity index (χ4v) is 1.48. The summed E-state index contributed by atoms with van der Waals surface area (Å²) in [6.07, 6.45) is 4.11. The third-order valence-electron chi connectivity index (χ3n) is 1.85. The summed E-state index contributed by atoms with van der Waals surface area (Å²) in [4.78, 5) is 0. The number of rotatable bonds is 1. The Morgan fingerprint density at radius 1 is 1.00 bits per heavy atom. The molecule has 1 saturated heterocycles. The van der Waals surface area contributed by atoms with Crippen molar-refractivity contribution in [3.8, 4) is 0 Å². The van der Waals surface area contributed by atoms with Gasteiger partial charge in [0.1, 0.15) is 0 Å². The summed E-state index contributed by atoms with van der Waals surface area (Å²) in [7, 11) is 0. The quantitative estimate of drug-likeness (QED) is 0.622. The predicted octanol–water partition coefficient (Wildman–Crippen LogP) is 1.78. The SMILES string of the molecule is CC(C)(C)NN1CCCCC1. The minimum Gasteiger partial charge on any atom is -0.250 e. The van der Waals surface area contributed by atoms with Crippen LogP contribution in [0.3, 0.4) is 0 Å². The first-order chi connectivity index (χ1) is 5.08. The van der Waals surface area contributed by atoms with E-state index >= 15 is 0 Å². The monoisotopic (exact) mass is 156 g/mol. The predicted molar refractivity (Wildman–Crippen MR) is 48.3 cm³/mol. The largest absolute Gasteiger partial charge is 0.250 e. The highest BCUT2D eigenvalue weighted by atomic mass is 15.5. The summed E-state index contributed by atoms with van der Waals surface area (Å²) in [6, 6.07) is 0. The van der Waals surface area contributed by atoms with E-state index in [1.165, 1.54) is 32.4 Å². The molecule has 1 rings (SSSR count). The van der Waals surface area contributed by atoms with Crippen LogP contribution >= 0.6 is 0 Å². The molecule has 0 aromatic rings. The lowest BCUT2D eigenvalue weighted by atomic mass is 10.1. The van der Waals surface area contributed by atoms with Crippen molar-refractivity contribution in [1.82, 2.24) is 10.4 Å². The molecule has 0 spiro atoms. The molecule has 0 radical (unpaired) electrons. The van der Waals surface area contributed by atoms with Gasteiger partial charge in [0.25, 0.3) is 0 Å². The molecular formula is C9H20N2. The zero-order valence-electron chi connectivity index (χ0n) is 7.98. The van der Waals surface area contributed by atoms with E-state index in [0.29, 0.717) is 0 Å². The fraction of sp³-hybridized carbons (Fsp3) is 1.00. The molecule has 1 heterocycles. The van der Waals surface area contributed by atoms with Crippen LogP contribution in [0.1, 0.15) is 40.0 Å². The maximum atomic E-state index is 3.49. The molecule has 11 heavy (non-hydrogen) atoms. The van der Waals surface area contributed by atoms with E-state index < -0.39 is 0 Å². The molecule has 2 nitrogen and oxygen atoms in total. The van der Waals surface area contributed by atoms with Crippen LogP contribution < -0.4 is 5.43 Å². The van der Waals surface area contributed by atoms with Crippen LogP contribution in [0.15, 0.2) is 0 Å². The molecule has 1 aliphatic rings. The van der Waals surface area contributed by atoms with E-state index in [-0.39, 0.29) is 5.54 Å². The number of hydrogen-bond acceptors (Lipinski definition) is 2. The van der Waals surface area contributed by atoms with E-state index in [1.54, 1.807) is 0 Å². The molecule has 66 valence electrons. The zero-order valence-corrected chi connectivity index (χ0v) is 7.98. The third-order valence-corrected chi connectivity index (χ3v) is 1.85. The molecule has 0 amide bonds. The van der Waals surface area contributed by atoms with Crippen LogP contribution in [-0.2, 0) is 0 Å². The molecule has 1 N–H and O–H groups in total. The Kier molecular flexibility index (Phi) is 2.90. The molecule has 0 atom stereocenters. The Labute approximate surface area is 69.9 Å². The van der Waals surface area contributed by atoms with Gasteiger partial charge in [-0.15, -0.1) is 0 Å². The number of hydrazine groups is 1. The van der Waals surface area contributed by atoms with Gasteiger partial charge in [0, 0.05) is 18.6 Å². The molecule has 1 aliphatic heterocycles. The third kappa shape index (κ3) is 3.73. The van der Waals surface area contributed by atoms with E-state index in [9.17, 15) is 0 Å². The smallest absolute Gasteiger partial charge is 0.0241 e. The maximum absolute atomic E-state index is 3.49. The topological polar surface area (TPSA) is 15.3 Å². The van der Waals surface area contributed by atoms with Crippen molar-refractivity contribution in [3.63, 3.8) is 0 Å². The molecule has 0 aliphatic carbocycles. The van der Waals surface area contributed by atoms with E-state index in [2.05, 4.69) is 31.2 Å². The molecule has 1 fully saturated rings. The van der Waals surface area contributed by atoms with Gasteiger partial charge in [-0.05, 0) is 33.6 Å². The van der Waals surface area contributed by atoms with Crippen LogP contribution in [0.25, 0.3) is 0 Å². The highest BCUT2D eigenvalue weighted by Crippen LogP contribution is 2.09. The van der Waals surface area contributed by atoms with Crippen molar-refractivity contribution in [2.45, 2.75) is 45.6 Å². The van der Waals surface area contributed by atoms with Crippen LogP contribution in [-0.4, -0.2) is 23.6 Å². The summed E-state index contributed by atoms with van der Waals surface area (Å²) < 4.78 is 0. The summed E-state index contributed by atoms with van der Waals surface area (Å²) in [5.74, 6) is 0. The number of piperidine rings is 1. The molecule has 0 aromatic carbocycles. The Morgan fingerprint density at radius 2 is 1.55 bits per heavy atom. The average Bonchev–Trinajstić information content (AvgIpc) is 1.85. The highest BCUT2D eigenvalue weighted by Gasteiger charge is 2.16. The zero-order chi connectivity index (χ0) is 8.32. The minimum absolute atomic E-state index is 0.233. The van der Waals surface area contributed by atoms with Gasteiger partial charge in [-0.1, -0.05) is 6.42 Å². The second-order valence-electron chi connectivity index (χ2n) is 4.41. The number of nitrogens with zero attached hydrogens (tertiary/aromatic N) is 1. The Bertz CT molecular complexity index is 109. The summed E-state index contributed by atoms with van der Waals surface area (Å²) in [5.41, 5.74) is 3.72. The van der Waals surface area contributed by atoms with Crippen molar-refractivity contribution in [2.75, 3.05) is 13.1 Å². The van der Waals surface area contributed by atoms with E-state index in [1.807, 2.05) is 0 Å². The lowest BCUT2D eigenvalue weighted by Crippen LogP contribution is -2.51. The van der Waals surface area contributed by atoms with Crippen molar-refractivity contribution < 1.29 is 0 Å². The molecule has 2 heteroatoms. The lowest BCUT2D eigenvalue weighted by Gasteiger charge is -2.34. The van der Waals surface area contributed by atoms with Crippen LogP contribution in [0.4, 0.5) is 0 Å². The molecule has 0 saturated carbocycles. The maximum Gasteiger partial charge on any atom is 0.0241 e. The van der Waals surface area contributed by atoms with E-state index in [0.717, 1.165) is 0 Å². The Morgan fingerprint density at radius 3 is 2.00 bits per heavy atom. The standard InChI is InChI=1S/C9H20N2/c1-9(2,3)10-11-7-5-4-6-8-11/h10H,4-8H2,1-3H3. The second kappa shape index (κ2) is 3.55. The molecular weight excluding hydrogens is 136 g/mol. The summed E-state index contributed by atoms with van der Waals surface area (Å²) >= 11 is 0. The first-order valence-corrected chi connectivity index (χ1v) is 4.61. The Balaban J connectivity index is 2.24. The van der Waals surface area contributed by atoms with Crippen molar-refractivity contribution >= 4 is 0 Å². The van der Waals surface area contributed by atoms with Gasteiger partial charge in [-0.25, -0.2) is 10.4 Å². The number of hydrogen-bond donors (Lipinski definition) is 1. The lowest BCUT2D eigenvalue weighted by molar-refractivity contribution is 0.104. The average molecular weight is 156 g/mol. The van der Waals surface area contributed by atoms with Crippen LogP contribution in [0.2, 0.25) is 0 Å². The van der Waals surface area contributed by atoms with Gasteiger partial charge >= 0.3 is 0 Å². The van der Waals surface area contributed by atoms with Gasteiger partial charge in [-0.3, -0.25) is 0 Å². The molecule has 0 bridgehead atoms. The molecule has 0 unspecified atom stereocenters. The van der Waals surface area contributed by atoms with Gasteiger partial charge in [-0.2, -0.15) is 0 Å². The van der Waals surface area contributed by atoms with Crippen LogP contribution in [0, 0.1) is 0 Å². The van der Waals surface area contributed by atoms with Gasteiger partial charge < -0.3 is 0 Å². The molecule has 0 aromatic heterocycles. The van der Waals surface area contributed by atoms with Gasteiger partial charge in [0.15, 0.2) is 0 Å². The van der Waals surface area contributed by atoms with E-state index in [4.69, 9.17) is 0 Å². The Hall–Kier alpha value is -0.0800. The van der Waals surface area contributed by atoms with Gasteiger partial charge in [0.05, 0.1) is 0 Å². The van der Waals surface area contributed by atoms with Crippen molar-refractivity contribution in [2.24, 2.45) is 0 Å². The first kappa shape index (κ1) is 9.01. The second-order valence-corrected chi connectivity index (χ2v) is 4.41. The summed E-state index contributed by atoms with van der Waals surface area (Å²) in [5, 5.41) is 2.35. The number of nitrogens with one attached hydrogen (secondary N) is 1. The van der Waals surface area contributed by atoms with Crippen LogP contribution in [0.5, 0.6) is 0 Å². The van der Waals surface area contributed by atoms with Gasteiger partial charge in [0.2, 0.25) is 0 Å². The van der Waals surface area contributed by atoms with Crippen molar-refractivity contribution in [3.05, 3.63) is 0 Å².